The highest BCUT2D eigenvalue weighted by atomic mass is 35.5. The van der Waals surface area contributed by atoms with Crippen LogP contribution in [0.25, 0.3) is 0 Å². The van der Waals surface area contributed by atoms with E-state index in [2.05, 4.69) is 4.98 Å². The van der Waals surface area contributed by atoms with Crippen LogP contribution in [0.3, 0.4) is 0 Å². The standard InChI is InChI=1S/C15H13ClFNO3/c1-8-6-10(17)4-5-12(8)21-14-13(15(19)20-3)9(2)11(16)7-18-14/h4-7H,1-3H3. The highest BCUT2D eigenvalue weighted by Crippen LogP contribution is 2.31. The van der Waals surface area contributed by atoms with E-state index in [0.717, 1.165) is 0 Å². The first-order chi connectivity index (χ1) is 9.93. The lowest BCUT2D eigenvalue weighted by Gasteiger charge is -2.13. The molecule has 0 fully saturated rings. The molecule has 0 aliphatic carbocycles. The molecule has 0 radical (unpaired) electrons. The molecule has 110 valence electrons. The van der Waals surface area contributed by atoms with Gasteiger partial charge in [-0.3, -0.25) is 0 Å². The van der Waals surface area contributed by atoms with Gasteiger partial charge < -0.3 is 9.47 Å². The number of esters is 1. The Balaban J connectivity index is 2.49. The monoisotopic (exact) mass is 309 g/mol. The summed E-state index contributed by atoms with van der Waals surface area (Å²) in [5.74, 6) is -0.500. The van der Waals surface area contributed by atoms with Crippen LogP contribution in [0.1, 0.15) is 21.5 Å². The fourth-order valence-corrected chi connectivity index (χ4v) is 1.95. The number of aromatic nitrogens is 1. The normalized spacial score (nSPS) is 10.3. The lowest BCUT2D eigenvalue weighted by molar-refractivity contribution is 0.0596. The van der Waals surface area contributed by atoms with Crippen LogP contribution in [0.5, 0.6) is 11.6 Å². The van der Waals surface area contributed by atoms with E-state index in [1.165, 1.54) is 31.5 Å². The average Bonchev–Trinajstić information content (AvgIpc) is 2.45. The number of rotatable bonds is 3. The van der Waals surface area contributed by atoms with Crippen LogP contribution in [0.4, 0.5) is 4.39 Å². The number of carbonyl (C=O) groups is 1. The maximum absolute atomic E-state index is 13.1. The molecule has 2 aromatic rings. The van der Waals surface area contributed by atoms with Gasteiger partial charge in [0.25, 0.3) is 0 Å². The molecule has 0 bridgehead atoms. The zero-order chi connectivity index (χ0) is 15.6. The highest BCUT2D eigenvalue weighted by molar-refractivity contribution is 6.31. The van der Waals surface area contributed by atoms with Crippen LogP contribution in [-0.4, -0.2) is 18.1 Å². The molecule has 1 heterocycles. The van der Waals surface area contributed by atoms with Gasteiger partial charge in [-0.25, -0.2) is 14.2 Å². The number of carbonyl (C=O) groups excluding carboxylic acids is 1. The Morgan fingerprint density at radius 3 is 2.67 bits per heavy atom. The van der Waals surface area contributed by atoms with Gasteiger partial charge >= 0.3 is 5.97 Å². The molecule has 6 heteroatoms. The van der Waals surface area contributed by atoms with Crippen LogP contribution >= 0.6 is 11.6 Å². The number of aryl methyl sites for hydroxylation is 1. The maximum atomic E-state index is 13.1. The second kappa shape index (κ2) is 6.10. The van der Waals surface area contributed by atoms with Gasteiger partial charge in [-0.15, -0.1) is 0 Å². The van der Waals surface area contributed by atoms with Gasteiger partial charge in [0, 0.05) is 6.20 Å². The van der Waals surface area contributed by atoms with E-state index in [4.69, 9.17) is 21.1 Å². The van der Waals surface area contributed by atoms with Crippen molar-refractivity contribution in [2.45, 2.75) is 13.8 Å². The minimum absolute atomic E-state index is 0.0680. The number of halogens is 2. The molecule has 0 amide bonds. The average molecular weight is 310 g/mol. The van der Waals surface area contributed by atoms with Crippen LogP contribution in [0, 0.1) is 19.7 Å². The Labute approximate surface area is 126 Å². The lowest BCUT2D eigenvalue weighted by Crippen LogP contribution is -2.08. The number of hydrogen-bond donors (Lipinski definition) is 0. The van der Waals surface area contributed by atoms with Crippen molar-refractivity contribution in [1.82, 2.24) is 4.98 Å². The molecule has 0 aliphatic rings. The topological polar surface area (TPSA) is 48.4 Å². The van der Waals surface area contributed by atoms with Crippen molar-refractivity contribution >= 4 is 17.6 Å². The van der Waals surface area contributed by atoms with E-state index >= 15 is 0 Å². The summed E-state index contributed by atoms with van der Waals surface area (Å²) in [7, 11) is 1.26. The maximum Gasteiger partial charge on any atom is 0.343 e. The molecule has 0 saturated carbocycles. The number of benzene rings is 1. The van der Waals surface area contributed by atoms with Crippen LogP contribution < -0.4 is 4.74 Å². The molecule has 0 atom stereocenters. The lowest BCUT2D eigenvalue weighted by atomic mass is 10.1. The molecule has 2 rings (SSSR count). The summed E-state index contributed by atoms with van der Waals surface area (Å²) in [5.41, 5.74) is 1.24. The summed E-state index contributed by atoms with van der Waals surface area (Å²) in [4.78, 5) is 15.9. The predicted octanol–water partition coefficient (Wildman–Crippen LogP) is 4.07. The SMILES string of the molecule is COC(=O)c1c(Oc2ccc(F)cc2C)ncc(Cl)c1C. The minimum atomic E-state index is -0.600. The molecule has 0 spiro atoms. The van der Waals surface area contributed by atoms with E-state index in [1.807, 2.05) is 0 Å². The van der Waals surface area contributed by atoms with E-state index < -0.39 is 5.97 Å². The molecule has 1 aromatic heterocycles. The highest BCUT2D eigenvalue weighted by Gasteiger charge is 2.21. The largest absolute Gasteiger partial charge is 0.465 e. The summed E-state index contributed by atoms with van der Waals surface area (Å²) in [6.07, 6.45) is 1.39. The van der Waals surface area contributed by atoms with E-state index in [-0.39, 0.29) is 17.3 Å². The van der Waals surface area contributed by atoms with Gasteiger partial charge in [-0.2, -0.15) is 0 Å². The molecule has 0 N–H and O–H groups in total. The van der Waals surface area contributed by atoms with Gasteiger partial charge in [0.1, 0.15) is 17.1 Å². The van der Waals surface area contributed by atoms with E-state index in [0.29, 0.717) is 21.9 Å². The molecule has 21 heavy (non-hydrogen) atoms. The fraction of sp³-hybridized carbons (Fsp3) is 0.200. The third kappa shape index (κ3) is 3.13. The van der Waals surface area contributed by atoms with E-state index in [1.54, 1.807) is 13.8 Å². The quantitative estimate of drug-likeness (QED) is 0.802. The van der Waals surface area contributed by atoms with Crippen molar-refractivity contribution in [3.63, 3.8) is 0 Å². The van der Waals surface area contributed by atoms with Crippen molar-refractivity contribution in [2.24, 2.45) is 0 Å². The molecule has 4 nitrogen and oxygen atoms in total. The minimum Gasteiger partial charge on any atom is -0.465 e. The molecule has 1 aromatic carbocycles. The molecular weight excluding hydrogens is 297 g/mol. The number of nitrogens with zero attached hydrogens (tertiary/aromatic N) is 1. The second-order valence-electron chi connectivity index (χ2n) is 4.41. The van der Waals surface area contributed by atoms with E-state index in [9.17, 15) is 9.18 Å². The molecule has 0 saturated heterocycles. The number of hydrogen-bond acceptors (Lipinski definition) is 4. The first-order valence-electron chi connectivity index (χ1n) is 6.11. The summed E-state index contributed by atoms with van der Waals surface area (Å²) in [6.45, 7) is 3.36. The van der Waals surface area contributed by atoms with Crippen molar-refractivity contribution in [2.75, 3.05) is 7.11 Å². The first-order valence-corrected chi connectivity index (χ1v) is 6.49. The Bertz CT molecular complexity index is 704. The summed E-state index contributed by atoms with van der Waals surface area (Å²) < 4.78 is 23.4. The fourth-order valence-electron chi connectivity index (χ4n) is 1.81. The van der Waals surface area contributed by atoms with Crippen LogP contribution in [0.2, 0.25) is 5.02 Å². The third-order valence-electron chi connectivity index (χ3n) is 2.98. The van der Waals surface area contributed by atoms with Crippen molar-refractivity contribution < 1.29 is 18.7 Å². The second-order valence-corrected chi connectivity index (χ2v) is 4.82. The molecule has 0 aliphatic heterocycles. The van der Waals surface area contributed by atoms with Crippen molar-refractivity contribution in [3.05, 3.63) is 51.9 Å². The van der Waals surface area contributed by atoms with Gasteiger partial charge in [-0.05, 0) is 43.2 Å². The van der Waals surface area contributed by atoms with Gasteiger partial charge in [-0.1, -0.05) is 11.6 Å². The summed E-state index contributed by atoms with van der Waals surface area (Å²) in [6, 6.07) is 4.07. The van der Waals surface area contributed by atoms with Crippen molar-refractivity contribution in [3.8, 4) is 11.6 Å². The van der Waals surface area contributed by atoms with Gasteiger partial charge in [0.15, 0.2) is 0 Å². The smallest absolute Gasteiger partial charge is 0.343 e. The van der Waals surface area contributed by atoms with Crippen LogP contribution in [-0.2, 0) is 4.74 Å². The number of methoxy groups -OCH3 is 1. The zero-order valence-corrected chi connectivity index (χ0v) is 12.5. The first kappa shape index (κ1) is 15.3. The zero-order valence-electron chi connectivity index (χ0n) is 11.7. The van der Waals surface area contributed by atoms with Gasteiger partial charge in [0.05, 0.1) is 12.1 Å². The summed E-state index contributed by atoms with van der Waals surface area (Å²) >= 11 is 5.97. The van der Waals surface area contributed by atoms with Gasteiger partial charge in [0.2, 0.25) is 5.88 Å². The third-order valence-corrected chi connectivity index (χ3v) is 3.36. The molecule has 0 unspecified atom stereocenters. The predicted molar refractivity (Wildman–Crippen MR) is 76.5 cm³/mol. The van der Waals surface area contributed by atoms with Crippen molar-refractivity contribution in [1.29, 1.82) is 0 Å². The van der Waals surface area contributed by atoms with Crippen LogP contribution in [0.15, 0.2) is 24.4 Å². The summed E-state index contributed by atoms with van der Waals surface area (Å²) in [5, 5.41) is 0.332. The Kier molecular flexibility index (Phi) is 4.43. The Morgan fingerprint density at radius 1 is 1.33 bits per heavy atom. The number of pyridine rings is 1. The Hall–Kier alpha value is -2.14. The number of ether oxygens (including phenoxy) is 2. The molecular formula is C15H13ClFNO3. The Morgan fingerprint density at radius 2 is 2.05 bits per heavy atom.